The predicted molar refractivity (Wildman–Crippen MR) is 107 cm³/mol. The standard InChI is InChI=1S/C21H38O5Si/c1-19(2,3)27(7,8)26-16-9-14-10-21(24-12-20(4,5)13-25-21)11-15(14)17(16)18(22)23-6/h14-17H,9-13H2,1-8H3/t14-,15+,16+,17+/m0/s1. The lowest BCUT2D eigenvalue weighted by molar-refractivity contribution is -0.298. The number of hydrogen-bond acceptors (Lipinski definition) is 5. The number of carbonyl (C=O) groups excluding carboxylic acids is 1. The third-order valence-electron chi connectivity index (χ3n) is 7.30. The van der Waals surface area contributed by atoms with Gasteiger partial charge in [-0.15, -0.1) is 0 Å². The third kappa shape index (κ3) is 4.00. The monoisotopic (exact) mass is 398 g/mol. The Kier molecular flexibility index (Phi) is 5.37. The summed E-state index contributed by atoms with van der Waals surface area (Å²) in [6.07, 6.45) is 2.48. The fourth-order valence-corrected chi connectivity index (χ4v) is 6.02. The maximum absolute atomic E-state index is 12.7. The van der Waals surface area contributed by atoms with Gasteiger partial charge in [0.15, 0.2) is 14.1 Å². The van der Waals surface area contributed by atoms with Gasteiger partial charge in [0.05, 0.1) is 32.3 Å². The molecule has 156 valence electrons. The zero-order valence-electron chi connectivity index (χ0n) is 18.4. The summed E-state index contributed by atoms with van der Waals surface area (Å²) in [5, 5.41) is 0.119. The second-order valence-electron chi connectivity index (χ2n) is 11.2. The summed E-state index contributed by atoms with van der Waals surface area (Å²) in [7, 11) is -0.470. The lowest BCUT2D eigenvalue weighted by Gasteiger charge is -2.43. The first kappa shape index (κ1) is 21.3. The van der Waals surface area contributed by atoms with Crippen LogP contribution in [0.1, 0.15) is 53.9 Å². The van der Waals surface area contributed by atoms with Crippen molar-refractivity contribution < 1.29 is 23.4 Å². The first-order valence-corrected chi connectivity index (χ1v) is 13.2. The van der Waals surface area contributed by atoms with Gasteiger partial charge >= 0.3 is 5.97 Å². The Morgan fingerprint density at radius 3 is 2.22 bits per heavy atom. The van der Waals surface area contributed by atoms with Crippen LogP contribution in [0.2, 0.25) is 18.1 Å². The molecule has 0 amide bonds. The average molecular weight is 399 g/mol. The molecule has 0 unspecified atom stereocenters. The van der Waals surface area contributed by atoms with Gasteiger partial charge in [-0.25, -0.2) is 0 Å². The number of hydrogen-bond donors (Lipinski definition) is 0. The van der Waals surface area contributed by atoms with Crippen molar-refractivity contribution in [2.45, 2.75) is 83.9 Å². The van der Waals surface area contributed by atoms with E-state index < -0.39 is 14.1 Å². The number of methoxy groups -OCH3 is 1. The van der Waals surface area contributed by atoms with Gasteiger partial charge < -0.3 is 18.6 Å². The van der Waals surface area contributed by atoms with E-state index in [1.165, 1.54) is 7.11 Å². The average Bonchev–Trinajstić information content (AvgIpc) is 3.02. The molecule has 0 N–H and O–H groups in total. The molecular formula is C21H38O5Si. The second kappa shape index (κ2) is 6.82. The van der Waals surface area contributed by atoms with Crippen LogP contribution in [-0.2, 0) is 23.4 Å². The van der Waals surface area contributed by atoms with Gasteiger partial charge in [0, 0.05) is 18.3 Å². The molecule has 0 radical (unpaired) electrons. The van der Waals surface area contributed by atoms with Gasteiger partial charge in [0.2, 0.25) is 0 Å². The maximum atomic E-state index is 12.7. The largest absolute Gasteiger partial charge is 0.469 e. The van der Waals surface area contributed by atoms with Crippen LogP contribution >= 0.6 is 0 Å². The number of ether oxygens (including phenoxy) is 3. The van der Waals surface area contributed by atoms with Gasteiger partial charge in [-0.2, -0.15) is 0 Å². The summed E-state index contributed by atoms with van der Waals surface area (Å²) in [6.45, 7) is 17.0. The van der Waals surface area contributed by atoms with E-state index >= 15 is 0 Å². The van der Waals surface area contributed by atoms with Crippen molar-refractivity contribution in [2.24, 2.45) is 23.2 Å². The van der Waals surface area contributed by atoms with Gasteiger partial charge in [-0.1, -0.05) is 34.6 Å². The van der Waals surface area contributed by atoms with E-state index in [0.717, 1.165) is 19.3 Å². The van der Waals surface area contributed by atoms with Crippen LogP contribution in [0.3, 0.4) is 0 Å². The predicted octanol–water partition coefficient (Wildman–Crippen LogP) is 4.37. The molecule has 0 aromatic rings. The highest BCUT2D eigenvalue weighted by atomic mass is 28.4. The molecule has 6 heteroatoms. The molecule has 4 atom stereocenters. The van der Waals surface area contributed by atoms with Crippen molar-refractivity contribution in [3.63, 3.8) is 0 Å². The molecule has 1 spiro atoms. The molecule has 1 saturated heterocycles. The van der Waals surface area contributed by atoms with Crippen molar-refractivity contribution in [2.75, 3.05) is 20.3 Å². The quantitative estimate of drug-likeness (QED) is 0.522. The maximum Gasteiger partial charge on any atom is 0.311 e. The molecule has 3 fully saturated rings. The fourth-order valence-electron chi connectivity index (χ4n) is 4.67. The second-order valence-corrected chi connectivity index (χ2v) is 15.9. The van der Waals surface area contributed by atoms with E-state index in [4.69, 9.17) is 18.6 Å². The Balaban J connectivity index is 1.76. The number of rotatable bonds is 3. The summed E-state index contributed by atoms with van der Waals surface area (Å²) in [4.78, 5) is 12.7. The smallest absolute Gasteiger partial charge is 0.311 e. The van der Waals surface area contributed by atoms with Crippen molar-refractivity contribution >= 4 is 14.3 Å². The van der Waals surface area contributed by atoms with Crippen molar-refractivity contribution in [3.8, 4) is 0 Å². The summed E-state index contributed by atoms with van der Waals surface area (Å²) in [6, 6.07) is 0. The molecule has 5 nitrogen and oxygen atoms in total. The van der Waals surface area contributed by atoms with E-state index in [1.807, 2.05) is 0 Å². The van der Waals surface area contributed by atoms with Crippen LogP contribution in [0, 0.1) is 23.2 Å². The van der Waals surface area contributed by atoms with Crippen LogP contribution in [0.15, 0.2) is 0 Å². The molecule has 3 rings (SSSR count). The number of esters is 1. The Hall–Kier alpha value is -0.433. The molecule has 0 aromatic carbocycles. The van der Waals surface area contributed by atoms with Crippen LogP contribution in [0.25, 0.3) is 0 Å². The number of carbonyl (C=O) groups is 1. The topological polar surface area (TPSA) is 54.0 Å². The molecule has 3 aliphatic rings. The highest BCUT2D eigenvalue weighted by Crippen LogP contribution is 2.56. The minimum atomic E-state index is -1.96. The number of fused-ring (bicyclic) bond motifs is 1. The molecule has 1 heterocycles. The van der Waals surface area contributed by atoms with Crippen LogP contribution < -0.4 is 0 Å². The Bertz CT molecular complexity index is 570. The van der Waals surface area contributed by atoms with E-state index in [-0.39, 0.29) is 34.4 Å². The summed E-state index contributed by atoms with van der Waals surface area (Å²) in [5.41, 5.74) is 0.0542. The van der Waals surface area contributed by atoms with Gasteiger partial charge in [-0.05, 0) is 36.4 Å². The van der Waals surface area contributed by atoms with Crippen LogP contribution in [0.4, 0.5) is 0 Å². The Morgan fingerprint density at radius 1 is 1.11 bits per heavy atom. The summed E-state index contributed by atoms with van der Waals surface area (Å²) in [5.74, 6) is -0.257. The third-order valence-corrected chi connectivity index (χ3v) is 11.8. The normalized spacial score (nSPS) is 35.3. The Labute approximate surface area is 165 Å². The lowest BCUT2D eigenvalue weighted by atomic mass is 9.90. The van der Waals surface area contributed by atoms with Crippen LogP contribution in [0.5, 0.6) is 0 Å². The fraction of sp³-hybridized carbons (Fsp3) is 0.952. The first-order valence-electron chi connectivity index (χ1n) is 10.3. The van der Waals surface area contributed by atoms with Gasteiger partial charge in [0.25, 0.3) is 0 Å². The lowest BCUT2D eigenvalue weighted by Crippen LogP contribution is -2.48. The highest BCUT2D eigenvalue weighted by Gasteiger charge is 2.60. The van der Waals surface area contributed by atoms with E-state index in [2.05, 4.69) is 47.7 Å². The molecule has 1 aliphatic heterocycles. The van der Waals surface area contributed by atoms with Crippen molar-refractivity contribution in [1.82, 2.24) is 0 Å². The van der Waals surface area contributed by atoms with Gasteiger partial charge in [-0.3, -0.25) is 4.79 Å². The van der Waals surface area contributed by atoms with Crippen molar-refractivity contribution in [3.05, 3.63) is 0 Å². The molecular weight excluding hydrogens is 360 g/mol. The SMILES string of the molecule is COC(=O)[C@@H]1[C@@H]2CC3(C[C@@H]2C[C@H]1O[Si](C)(C)C(C)(C)C)OCC(C)(C)CO3. The van der Waals surface area contributed by atoms with Gasteiger partial charge in [0.1, 0.15) is 0 Å². The van der Waals surface area contributed by atoms with Crippen molar-refractivity contribution in [1.29, 1.82) is 0 Å². The molecule has 2 saturated carbocycles. The molecule has 2 aliphatic carbocycles. The zero-order chi connectivity index (χ0) is 20.3. The van der Waals surface area contributed by atoms with E-state index in [0.29, 0.717) is 19.1 Å². The minimum absolute atomic E-state index is 0.0503. The van der Waals surface area contributed by atoms with Crippen LogP contribution in [-0.4, -0.2) is 46.5 Å². The first-order chi connectivity index (χ1) is 12.3. The molecule has 0 aromatic heterocycles. The minimum Gasteiger partial charge on any atom is -0.469 e. The zero-order valence-corrected chi connectivity index (χ0v) is 19.4. The summed E-state index contributed by atoms with van der Waals surface area (Å²) >= 11 is 0. The highest BCUT2D eigenvalue weighted by molar-refractivity contribution is 6.74. The Morgan fingerprint density at radius 2 is 1.70 bits per heavy atom. The summed E-state index contributed by atoms with van der Waals surface area (Å²) < 4.78 is 24.3. The van der Waals surface area contributed by atoms with E-state index in [9.17, 15) is 4.79 Å². The van der Waals surface area contributed by atoms with E-state index in [1.54, 1.807) is 0 Å². The molecule has 0 bridgehead atoms. The molecule has 27 heavy (non-hydrogen) atoms.